The zero-order chi connectivity index (χ0) is 23.5. The molecule has 4 N–H and O–H groups in total. The number of hydrazine groups is 1. The maximum absolute atomic E-state index is 13.5. The normalized spacial score (nSPS) is 26.0. The third kappa shape index (κ3) is 4.68. The Labute approximate surface area is 198 Å². The molecule has 1 amide bonds. The second-order valence-electron chi connectivity index (χ2n) is 8.91. The number of benzene rings is 3. The highest BCUT2D eigenvalue weighted by atomic mass is 19.1. The molecule has 6 nitrogen and oxygen atoms in total. The van der Waals surface area contributed by atoms with Crippen molar-refractivity contribution in [3.8, 4) is 5.75 Å². The van der Waals surface area contributed by atoms with Crippen LogP contribution in [0.1, 0.15) is 35.2 Å². The van der Waals surface area contributed by atoms with Gasteiger partial charge in [-0.05, 0) is 47.4 Å². The van der Waals surface area contributed by atoms with Gasteiger partial charge < -0.3 is 10.1 Å². The van der Waals surface area contributed by atoms with Crippen LogP contribution >= 0.6 is 0 Å². The molecule has 5 unspecified atom stereocenters. The van der Waals surface area contributed by atoms with E-state index < -0.39 is 0 Å². The number of hydrogen-bond acceptors (Lipinski definition) is 5. The summed E-state index contributed by atoms with van der Waals surface area (Å²) >= 11 is 0. The number of nitrogens with one attached hydrogen (secondary N) is 4. The van der Waals surface area contributed by atoms with Crippen molar-refractivity contribution in [3.63, 3.8) is 0 Å². The third-order valence-electron chi connectivity index (χ3n) is 6.89. The Balaban J connectivity index is 1.39. The van der Waals surface area contributed by atoms with Gasteiger partial charge in [0, 0.05) is 24.4 Å². The molecule has 0 spiro atoms. The van der Waals surface area contributed by atoms with E-state index in [4.69, 9.17) is 4.74 Å². The van der Waals surface area contributed by atoms with E-state index in [1.165, 1.54) is 12.1 Å². The molecule has 2 aliphatic heterocycles. The van der Waals surface area contributed by atoms with Crippen molar-refractivity contribution >= 4 is 5.91 Å². The zero-order valence-electron chi connectivity index (χ0n) is 19.0. The molecule has 0 bridgehead atoms. The van der Waals surface area contributed by atoms with Crippen molar-refractivity contribution in [2.24, 2.45) is 11.8 Å². The Morgan fingerprint density at radius 2 is 1.71 bits per heavy atom. The van der Waals surface area contributed by atoms with Crippen LogP contribution in [0.15, 0.2) is 78.9 Å². The molecule has 2 fully saturated rings. The quantitative estimate of drug-likeness (QED) is 0.453. The minimum Gasteiger partial charge on any atom is -0.497 e. The van der Waals surface area contributed by atoms with Crippen molar-refractivity contribution in [1.29, 1.82) is 0 Å². The van der Waals surface area contributed by atoms with Gasteiger partial charge in [0.05, 0.1) is 19.3 Å². The Bertz CT molecular complexity index is 1110. The molecule has 7 heteroatoms. The number of ether oxygens (including phenoxy) is 1. The van der Waals surface area contributed by atoms with Gasteiger partial charge in [-0.3, -0.25) is 10.1 Å². The van der Waals surface area contributed by atoms with Crippen LogP contribution in [0, 0.1) is 17.7 Å². The first-order chi connectivity index (χ1) is 16.6. The van der Waals surface area contributed by atoms with Gasteiger partial charge in [-0.15, -0.1) is 0 Å². The molecule has 0 radical (unpaired) electrons. The summed E-state index contributed by atoms with van der Waals surface area (Å²) < 4.78 is 18.6. The largest absolute Gasteiger partial charge is 0.497 e. The molecule has 3 aromatic carbocycles. The summed E-state index contributed by atoms with van der Waals surface area (Å²) in [6.45, 7) is 0.366. The topological polar surface area (TPSA) is 74.4 Å². The van der Waals surface area contributed by atoms with Crippen LogP contribution in [0.2, 0.25) is 0 Å². The van der Waals surface area contributed by atoms with Crippen molar-refractivity contribution in [3.05, 3.63) is 101 Å². The van der Waals surface area contributed by atoms with Gasteiger partial charge >= 0.3 is 0 Å². The van der Waals surface area contributed by atoms with Gasteiger partial charge in [-0.2, -0.15) is 0 Å². The number of hydrogen-bond donors (Lipinski definition) is 4. The fraction of sp³-hybridized carbons (Fsp3) is 0.296. The van der Waals surface area contributed by atoms with Crippen molar-refractivity contribution < 1.29 is 13.9 Å². The molecule has 2 saturated heterocycles. The first kappa shape index (κ1) is 22.5. The zero-order valence-corrected chi connectivity index (χ0v) is 19.0. The molecular weight excluding hydrogens is 431 g/mol. The van der Waals surface area contributed by atoms with Crippen LogP contribution in [0.4, 0.5) is 4.39 Å². The highest BCUT2D eigenvalue weighted by molar-refractivity contribution is 5.79. The second-order valence-corrected chi connectivity index (χ2v) is 8.91. The van der Waals surface area contributed by atoms with E-state index in [9.17, 15) is 9.18 Å². The number of amides is 1. The lowest BCUT2D eigenvalue weighted by molar-refractivity contribution is -0.129. The molecular formula is C27H29FN4O2. The number of halogens is 1. The maximum atomic E-state index is 13.5. The standard InChI is InChI=1S/C27H29FN4O2/c1-34-21-13-9-18(10-14-21)23-15-22(27(33)29-16-17-7-11-20(28)12-8-17)24-25(31-32-26(24)30-23)19-5-3-2-4-6-19/h2-14,22-26,30-32H,15-16H2,1H3,(H,29,33). The summed E-state index contributed by atoms with van der Waals surface area (Å²) in [5, 5.41) is 6.80. The first-order valence-corrected chi connectivity index (χ1v) is 11.6. The van der Waals surface area contributed by atoms with E-state index in [1.807, 2.05) is 42.5 Å². The van der Waals surface area contributed by atoms with Gasteiger partial charge in [-0.25, -0.2) is 15.2 Å². The van der Waals surface area contributed by atoms with Crippen LogP contribution in [-0.4, -0.2) is 19.2 Å². The van der Waals surface area contributed by atoms with Crippen molar-refractivity contribution in [1.82, 2.24) is 21.5 Å². The van der Waals surface area contributed by atoms with E-state index in [0.29, 0.717) is 13.0 Å². The van der Waals surface area contributed by atoms with Gasteiger partial charge in [0.1, 0.15) is 11.6 Å². The average Bonchev–Trinajstić information content (AvgIpc) is 3.32. The summed E-state index contributed by atoms with van der Waals surface area (Å²) in [6.07, 6.45) is 0.586. The summed E-state index contributed by atoms with van der Waals surface area (Å²) in [6, 6.07) is 24.4. The maximum Gasteiger partial charge on any atom is 0.223 e. The molecule has 5 atom stereocenters. The molecule has 0 aliphatic carbocycles. The number of carbonyl (C=O) groups is 1. The molecule has 34 heavy (non-hydrogen) atoms. The van der Waals surface area contributed by atoms with Crippen molar-refractivity contribution in [2.45, 2.75) is 31.2 Å². The Kier molecular flexibility index (Phi) is 6.58. The number of rotatable bonds is 6. The monoisotopic (exact) mass is 460 g/mol. The Hall–Kier alpha value is -3.26. The summed E-state index contributed by atoms with van der Waals surface area (Å²) in [5.41, 5.74) is 9.93. The molecule has 2 heterocycles. The smallest absolute Gasteiger partial charge is 0.223 e. The van der Waals surface area contributed by atoms with Crippen LogP contribution in [-0.2, 0) is 11.3 Å². The summed E-state index contributed by atoms with van der Waals surface area (Å²) in [7, 11) is 1.65. The van der Waals surface area contributed by atoms with Gasteiger partial charge in [0.15, 0.2) is 0 Å². The lowest BCUT2D eigenvalue weighted by atomic mass is 9.74. The lowest BCUT2D eigenvalue weighted by Gasteiger charge is -2.40. The van der Waals surface area contributed by atoms with Crippen LogP contribution < -0.4 is 26.2 Å². The molecule has 3 aromatic rings. The Morgan fingerprint density at radius 3 is 2.41 bits per heavy atom. The van der Waals surface area contributed by atoms with Crippen LogP contribution in [0.5, 0.6) is 5.75 Å². The van der Waals surface area contributed by atoms with E-state index in [-0.39, 0.29) is 41.8 Å². The van der Waals surface area contributed by atoms with Gasteiger partial charge in [-0.1, -0.05) is 54.6 Å². The molecule has 0 saturated carbocycles. The Morgan fingerprint density at radius 1 is 0.971 bits per heavy atom. The third-order valence-corrected chi connectivity index (χ3v) is 6.89. The fourth-order valence-corrected chi connectivity index (χ4v) is 5.12. The predicted octanol–water partition coefficient (Wildman–Crippen LogP) is 3.59. The van der Waals surface area contributed by atoms with Crippen LogP contribution in [0.3, 0.4) is 0 Å². The SMILES string of the molecule is COc1ccc(C2CC(C(=O)NCc3ccc(F)cc3)C3C(NNC3c3ccccc3)N2)cc1. The predicted molar refractivity (Wildman–Crippen MR) is 128 cm³/mol. The highest BCUT2D eigenvalue weighted by Gasteiger charge is 2.49. The fourth-order valence-electron chi connectivity index (χ4n) is 5.12. The lowest BCUT2D eigenvalue weighted by Crippen LogP contribution is -2.54. The highest BCUT2D eigenvalue weighted by Crippen LogP contribution is 2.42. The number of fused-ring (bicyclic) bond motifs is 1. The minimum atomic E-state index is -0.285. The van der Waals surface area contributed by atoms with E-state index in [0.717, 1.165) is 22.4 Å². The summed E-state index contributed by atoms with van der Waals surface area (Å²) in [5.74, 6) is 0.311. The molecule has 2 aliphatic rings. The van der Waals surface area contributed by atoms with Crippen molar-refractivity contribution in [2.75, 3.05) is 7.11 Å². The molecule has 176 valence electrons. The van der Waals surface area contributed by atoms with Crippen LogP contribution in [0.25, 0.3) is 0 Å². The first-order valence-electron chi connectivity index (χ1n) is 11.6. The second kappa shape index (κ2) is 9.93. The number of methoxy groups -OCH3 is 1. The number of piperidine rings is 1. The minimum absolute atomic E-state index is 0.00270. The molecule has 0 aromatic heterocycles. The van der Waals surface area contributed by atoms with Gasteiger partial charge in [0.2, 0.25) is 5.91 Å². The molecule has 5 rings (SSSR count). The average molecular weight is 461 g/mol. The van der Waals surface area contributed by atoms with E-state index in [2.05, 4.69) is 33.6 Å². The summed E-state index contributed by atoms with van der Waals surface area (Å²) in [4.78, 5) is 13.5. The number of carbonyl (C=O) groups excluding carboxylic acids is 1. The van der Waals surface area contributed by atoms with E-state index in [1.54, 1.807) is 19.2 Å². The van der Waals surface area contributed by atoms with E-state index >= 15 is 0 Å². The van der Waals surface area contributed by atoms with Gasteiger partial charge in [0.25, 0.3) is 0 Å².